The smallest absolute Gasteiger partial charge is 0.346 e. The third-order valence-corrected chi connectivity index (χ3v) is 4.85. The molecule has 0 bridgehead atoms. The maximum Gasteiger partial charge on any atom is 0.416 e. The van der Waals surface area contributed by atoms with Gasteiger partial charge in [-0.2, -0.15) is 13.2 Å². The summed E-state index contributed by atoms with van der Waals surface area (Å²) < 4.78 is 38.4. The van der Waals surface area contributed by atoms with E-state index in [1.165, 1.54) is 12.1 Å². The minimum atomic E-state index is -4.36. The monoisotopic (exact) mass is 390 g/mol. The van der Waals surface area contributed by atoms with Crippen molar-refractivity contribution in [1.29, 1.82) is 0 Å². The molecule has 0 aliphatic carbocycles. The molecule has 5 rings (SSSR count). The van der Waals surface area contributed by atoms with Crippen LogP contribution in [0.4, 0.5) is 13.2 Å². The molecule has 4 aromatic heterocycles. The molecular weight excluding hydrogens is 377 g/mol. The molecule has 0 fully saturated rings. The second kappa shape index (κ2) is 6.41. The average molecular weight is 390 g/mol. The fourth-order valence-corrected chi connectivity index (χ4v) is 3.43. The van der Waals surface area contributed by atoms with Gasteiger partial charge in [-0.05, 0) is 48.0 Å². The van der Waals surface area contributed by atoms with E-state index in [-0.39, 0.29) is 0 Å². The standard InChI is InChI=1S/C22H13F3N4/c23-22(24,25)14-5-3-13(4-6-14)19-8-7-17-15(9-11-27-21(17)29-19)18-12-28-20-16(18)2-1-10-26-20/h1-12H,(H,26,28). The number of alkyl halides is 3. The molecule has 5 aromatic rings. The Bertz CT molecular complexity index is 1340. The number of halogens is 3. The number of nitrogens with zero attached hydrogens (tertiary/aromatic N) is 3. The molecule has 29 heavy (non-hydrogen) atoms. The van der Waals surface area contributed by atoms with Crippen LogP contribution in [0.1, 0.15) is 5.56 Å². The number of rotatable bonds is 2. The zero-order valence-corrected chi connectivity index (χ0v) is 14.9. The van der Waals surface area contributed by atoms with Crippen LogP contribution >= 0.6 is 0 Å². The van der Waals surface area contributed by atoms with Gasteiger partial charge in [-0.1, -0.05) is 12.1 Å². The van der Waals surface area contributed by atoms with Crippen molar-refractivity contribution in [1.82, 2.24) is 19.9 Å². The Kier molecular flexibility index (Phi) is 3.84. The van der Waals surface area contributed by atoms with Crippen molar-refractivity contribution in [2.45, 2.75) is 6.18 Å². The molecule has 0 saturated heterocycles. The molecule has 4 nitrogen and oxygen atoms in total. The van der Waals surface area contributed by atoms with Crippen LogP contribution in [0.5, 0.6) is 0 Å². The first kappa shape index (κ1) is 17.4. The summed E-state index contributed by atoms with van der Waals surface area (Å²) >= 11 is 0. The van der Waals surface area contributed by atoms with E-state index in [0.29, 0.717) is 16.9 Å². The van der Waals surface area contributed by atoms with Crippen molar-refractivity contribution in [3.8, 4) is 22.4 Å². The van der Waals surface area contributed by atoms with E-state index in [9.17, 15) is 13.2 Å². The van der Waals surface area contributed by atoms with Gasteiger partial charge in [0.2, 0.25) is 0 Å². The minimum Gasteiger partial charge on any atom is -0.346 e. The maximum absolute atomic E-state index is 12.8. The van der Waals surface area contributed by atoms with Crippen molar-refractivity contribution in [3.63, 3.8) is 0 Å². The molecule has 0 aliphatic heterocycles. The van der Waals surface area contributed by atoms with Crippen molar-refractivity contribution in [2.75, 3.05) is 0 Å². The van der Waals surface area contributed by atoms with Gasteiger partial charge in [0.1, 0.15) is 5.65 Å². The Morgan fingerprint density at radius 2 is 1.59 bits per heavy atom. The van der Waals surface area contributed by atoms with E-state index < -0.39 is 11.7 Å². The van der Waals surface area contributed by atoms with Gasteiger partial charge in [-0.25, -0.2) is 15.0 Å². The zero-order chi connectivity index (χ0) is 20.0. The summed E-state index contributed by atoms with van der Waals surface area (Å²) in [4.78, 5) is 16.4. The van der Waals surface area contributed by atoms with E-state index >= 15 is 0 Å². The molecule has 142 valence electrons. The lowest BCUT2D eigenvalue weighted by Crippen LogP contribution is -2.04. The summed E-state index contributed by atoms with van der Waals surface area (Å²) in [6.07, 6.45) is 0.942. The summed E-state index contributed by atoms with van der Waals surface area (Å²) in [5.41, 5.74) is 3.75. The Hall–Kier alpha value is -3.74. The van der Waals surface area contributed by atoms with Crippen LogP contribution in [0, 0.1) is 0 Å². The molecule has 1 aromatic carbocycles. The molecule has 7 heteroatoms. The number of H-pyrrole nitrogens is 1. The van der Waals surface area contributed by atoms with Gasteiger partial charge in [0.05, 0.1) is 11.3 Å². The summed E-state index contributed by atoms with van der Waals surface area (Å²) in [5, 5.41) is 1.85. The Morgan fingerprint density at radius 1 is 0.759 bits per heavy atom. The molecule has 0 spiro atoms. The Balaban J connectivity index is 1.61. The molecular formula is C22H13F3N4. The maximum atomic E-state index is 12.8. The normalized spacial score (nSPS) is 12.0. The minimum absolute atomic E-state index is 0.526. The van der Waals surface area contributed by atoms with Gasteiger partial charge in [0, 0.05) is 40.5 Å². The fraction of sp³-hybridized carbons (Fsp3) is 0.0455. The number of benzene rings is 1. The van der Waals surface area contributed by atoms with Crippen molar-refractivity contribution < 1.29 is 13.2 Å². The topological polar surface area (TPSA) is 54.5 Å². The highest BCUT2D eigenvalue weighted by Crippen LogP contribution is 2.34. The summed E-state index contributed by atoms with van der Waals surface area (Å²) in [6, 6.07) is 14.4. The van der Waals surface area contributed by atoms with E-state index in [0.717, 1.165) is 39.7 Å². The van der Waals surface area contributed by atoms with E-state index in [4.69, 9.17) is 0 Å². The summed E-state index contributed by atoms with van der Waals surface area (Å²) in [5.74, 6) is 0. The second-order valence-corrected chi connectivity index (χ2v) is 6.60. The highest BCUT2D eigenvalue weighted by atomic mass is 19.4. The van der Waals surface area contributed by atoms with Crippen LogP contribution in [-0.2, 0) is 6.18 Å². The first-order valence-corrected chi connectivity index (χ1v) is 8.86. The van der Waals surface area contributed by atoms with Crippen LogP contribution in [-0.4, -0.2) is 19.9 Å². The van der Waals surface area contributed by atoms with Gasteiger partial charge >= 0.3 is 6.18 Å². The number of nitrogens with one attached hydrogen (secondary N) is 1. The first-order chi connectivity index (χ1) is 14.0. The fourth-order valence-electron chi connectivity index (χ4n) is 3.43. The molecule has 0 amide bonds. The lowest BCUT2D eigenvalue weighted by atomic mass is 10.0. The predicted molar refractivity (Wildman–Crippen MR) is 105 cm³/mol. The summed E-state index contributed by atoms with van der Waals surface area (Å²) in [6.45, 7) is 0. The summed E-state index contributed by atoms with van der Waals surface area (Å²) in [7, 11) is 0. The van der Waals surface area contributed by atoms with Gasteiger partial charge in [0.15, 0.2) is 5.65 Å². The first-order valence-electron chi connectivity index (χ1n) is 8.86. The highest BCUT2D eigenvalue weighted by molar-refractivity contribution is 6.02. The molecule has 0 radical (unpaired) electrons. The van der Waals surface area contributed by atoms with Crippen molar-refractivity contribution in [2.24, 2.45) is 0 Å². The second-order valence-electron chi connectivity index (χ2n) is 6.60. The Morgan fingerprint density at radius 3 is 2.38 bits per heavy atom. The van der Waals surface area contributed by atoms with E-state index in [2.05, 4.69) is 19.9 Å². The van der Waals surface area contributed by atoms with Crippen LogP contribution in [0.3, 0.4) is 0 Å². The number of hydrogen-bond donors (Lipinski definition) is 1. The lowest BCUT2D eigenvalue weighted by molar-refractivity contribution is -0.137. The zero-order valence-electron chi connectivity index (χ0n) is 14.9. The van der Waals surface area contributed by atoms with Gasteiger partial charge in [0.25, 0.3) is 0 Å². The van der Waals surface area contributed by atoms with Crippen LogP contribution in [0.15, 0.2) is 73.2 Å². The number of aromatic nitrogens is 4. The highest BCUT2D eigenvalue weighted by Gasteiger charge is 2.30. The van der Waals surface area contributed by atoms with Crippen molar-refractivity contribution >= 4 is 22.1 Å². The molecule has 0 atom stereocenters. The largest absolute Gasteiger partial charge is 0.416 e. The lowest BCUT2D eigenvalue weighted by Gasteiger charge is -2.09. The molecule has 0 aliphatic rings. The molecule has 0 unspecified atom stereocenters. The SMILES string of the molecule is FC(F)(F)c1ccc(-c2ccc3c(-c4c[nH]c5ncccc45)ccnc3n2)cc1. The third-order valence-electron chi connectivity index (χ3n) is 4.85. The number of pyridine rings is 3. The number of aromatic amines is 1. The molecule has 4 heterocycles. The van der Waals surface area contributed by atoms with Gasteiger partial charge in [-0.3, -0.25) is 0 Å². The van der Waals surface area contributed by atoms with Crippen LogP contribution < -0.4 is 0 Å². The predicted octanol–water partition coefficient (Wildman–Crippen LogP) is 5.86. The third kappa shape index (κ3) is 3.00. The average Bonchev–Trinajstić information content (AvgIpc) is 3.16. The number of fused-ring (bicyclic) bond motifs is 2. The van der Waals surface area contributed by atoms with Gasteiger partial charge < -0.3 is 4.98 Å². The molecule has 0 saturated carbocycles. The van der Waals surface area contributed by atoms with Crippen LogP contribution in [0.2, 0.25) is 0 Å². The van der Waals surface area contributed by atoms with Gasteiger partial charge in [-0.15, -0.1) is 0 Å². The van der Waals surface area contributed by atoms with E-state index in [1.807, 2.05) is 30.5 Å². The van der Waals surface area contributed by atoms with Crippen molar-refractivity contribution in [3.05, 3.63) is 78.8 Å². The van der Waals surface area contributed by atoms with E-state index in [1.54, 1.807) is 18.5 Å². The Labute approximate surface area is 163 Å². The number of hydrogen-bond acceptors (Lipinski definition) is 3. The van der Waals surface area contributed by atoms with Crippen LogP contribution in [0.25, 0.3) is 44.5 Å². The quantitative estimate of drug-likeness (QED) is 0.411. The molecule has 1 N–H and O–H groups in total.